The number of anilines is 1. The Balaban J connectivity index is 1.91. The first-order valence-electron chi connectivity index (χ1n) is 6.76. The molecule has 0 bridgehead atoms. The number of nitrogens with zero attached hydrogens (tertiary/aromatic N) is 3. The van der Waals surface area contributed by atoms with E-state index in [4.69, 9.17) is 9.47 Å². The van der Waals surface area contributed by atoms with Crippen LogP contribution in [0.1, 0.15) is 17.4 Å². The van der Waals surface area contributed by atoms with Gasteiger partial charge in [-0.15, -0.1) is 0 Å². The van der Waals surface area contributed by atoms with Crippen LogP contribution in [0.15, 0.2) is 24.5 Å². The molecule has 0 amide bonds. The molecule has 6 nitrogen and oxygen atoms in total. The maximum Gasteiger partial charge on any atom is 0.356 e. The van der Waals surface area contributed by atoms with E-state index in [2.05, 4.69) is 9.88 Å². The summed E-state index contributed by atoms with van der Waals surface area (Å²) >= 11 is 0. The zero-order chi connectivity index (χ0) is 13.9. The van der Waals surface area contributed by atoms with Crippen molar-refractivity contribution in [2.75, 3.05) is 37.8 Å². The van der Waals surface area contributed by atoms with Crippen molar-refractivity contribution in [2.45, 2.75) is 6.92 Å². The van der Waals surface area contributed by atoms with Gasteiger partial charge in [0, 0.05) is 31.0 Å². The summed E-state index contributed by atoms with van der Waals surface area (Å²) in [6.07, 6.45) is 3.41. The molecular weight excluding hydrogens is 258 g/mol. The average molecular weight is 275 g/mol. The van der Waals surface area contributed by atoms with Gasteiger partial charge in [-0.1, -0.05) is 0 Å². The van der Waals surface area contributed by atoms with E-state index >= 15 is 0 Å². The van der Waals surface area contributed by atoms with Gasteiger partial charge in [-0.25, -0.2) is 9.78 Å². The Morgan fingerprint density at radius 1 is 1.45 bits per heavy atom. The van der Waals surface area contributed by atoms with E-state index in [1.807, 2.05) is 18.3 Å². The molecule has 0 saturated carbocycles. The molecule has 0 N–H and O–H groups in total. The molecular formula is C14H17N3O3. The molecule has 0 aromatic carbocycles. The van der Waals surface area contributed by atoms with Crippen molar-refractivity contribution in [3.8, 4) is 0 Å². The molecule has 1 aliphatic rings. The van der Waals surface area contributed by atoms with Gasteiger partial charge in [0.25, 0.3) is 0 Å². The first kappa shape index (κ1) is 12.9. The number of pyridine rings is 1. The SMILES string of the molecule is CCOC(=O)c1cnc2cc(N3CCOCC3)ccn12. The number of fused-ring (bicyclic) bond motifs is 1. The summed E-state index contributed by atoms with van der Waals surface area (Å²) < 4.78 is 12.1. The van der Waals surface area contributed by atoms with Gasteiger partial charge < -0.3 is 14.4 Å². The van der Waals surface area contributed by atoms with E-state index in [9.17, 15) is 4.79 Å². The summed E-state index contributed by atoms with van der Waals surface area (Å²) in [5, 5.41) is 0. The molecule has 0 unspecified atom stereocenters. The monoisotopic (exact) mass is 275 g/mol. The van der Waals surface area contributed by atoms with Crippen molar-refractivity contribution >= 4 is 17.3 Å². The number of carbonyl (C=O) groups is 1. The van der Waals surface area contributed by atoms with Gasteiger partial charge in [-0.05, 0) is 13.0 Å². The summed E-state index contributed by atoms with van der Waals surface area (Å²) in [6, 6.07) is 3.97. The molecule has 0 radical (unpaired) electrons. The normalized spacial score (nSPS) is 15.6. The average Bonchev–Trinajstić information content (AvgIpc) is 2.91. The fraction of sp³-hybridized carbons (Fsp3) is 0.429. The van der Waals surface area contributed by atoms with Crippen molar-refractivity contribution in [1.82, 2.24) is 9.38 Å². The number of ether oxygens (including phenoxy) is 2. The van der Waals surface area contributed by atoms with Gasteiger partial charge in [-0.3, -0.25) is 4.40 Å². The second kappa shape index (κ2) is 5.50. The molecule has 1 fully saturated rings. The molecule has 6 heteroatoms. The van der Waals surface area contributed by atoms with E-state index in [-0.39, 0.29) is 5.97 Å². The number of hydrogen-bond acceptors (Lipinski definition) is 5. The highest BCUT2D eigenvalue weighted by atomic mass is 16.5. The number of aromatic nitrogens is 2. The van der Waals surface area contributed by atoms with Crippen molar-refractivity contribution in [1.29, 1.82) is 0 Å². The third-order valence-corrected chi connectivity index (χ3v) is 3.36. The molecule has 0 spiro atoms. The van der Waals surface area contributed by atoms with Crippen LogP contribution < -0.4 is 4.90 Å². The van der Waals surface area contributed by atoms with Crippen LogP contribution in [0.4, 0.5) is 5.69 Å². The van der Waals surface area contributed by atoms with E-state index in [1.165, 1.54) is 0 Å². The summed E-state index contributed by atoms with van der Waals surface area (Å²) in [7, 11) is 0. The zero-order valence-electron chi connectivity index (χ0n) is 11.4. The highest BCUT2D eigenvalue weighted by Gasteiger charge is 2.15. The molecule has 2 aromatic rings. The predicted molar refractivity (Wildman–Crippen MR) is 74.2 cm³/mol. The molecule has 2 aromatic heterocycles. The van der Waals surface area contributed by atoms with E-state index in [1.54, 1.807) is 17.5 Å². The predicted octanol–water partition coefficient (Wildman–Crippen LogP) is 1.35. The van der Waals surface area contributed by atoms with Crippen LogP contribution in [0.2, 0.25) is 0 Å². The summed E-state index contributed by atoms with van der Waals surface area (Å²) in [6.45, 7) is 5.39. The highest BCUT2D eigenvalue weighted by Crippen LogP contribution is 2.19. The molecule has 3 heterocycles. The lowest BCUT2D eigenvalue weighted by Crippen LogP contribution is -2.36. The molecule has 0 atom stereocenters. The number of carbonyl (C=O) groups excluding carboxylic acids is 1. The van der Waals surface area contributed by atoms with Crippen LogP contribution in [0.25, 0.3) is 5.65 Å². The lowest BCUT2D eigenvalue weighted by molar-refractivity contribution is 0.0518. The minimum atomic E-state index is -0.348. The molecule has 3 rings (SSSR count). The fourth-order valence-corrected chi connectivity index (χ4v) is 2.34. The maximum atomic E-state index is 11.8. The second-order valence-corrected chi connectivity index (χ2v) is 4.58. The van der Waals surface area contributed by atoms with E-state index in [0.717, 1.165) is 37.6 Å². The Bertz CT molecular complexity index is 617. The van der Waals surface area contributed by atoms with Gasteiger partial charge in [0.1, 0.15) is 5.65 Å². The Morgan fingerprint density at radius 3 is 3.00 bits per heavy atom. The minimum Gasteiger partial charge on any atom is -0.461 e. The summed E-state index contributed by atoms with van der Waals surface area (Å²) in [5.41, 5.74) is 2.30. The molecule has 0 aliphatic carbocycles. The van der Waals surface area contributed by atoms with Crippen LogP contribution in [0.3, 0.4) is 0 Å². The maximum absolute atomic E-state index is 11.8. The number of imidazole rings is 1. The zero-order valence-corrected chi connectivity index (χ0v) is 11.4. The fourth-order valence-electron chi connectivity index (χ4n) is 2.34. The topological polar surface area (TPSA) is 56.1 Å². The third kappa shape index (κ3) is 2.34. The van der Waals surface area contributed by atoms with Gasteiger partial charge in [0.2, 0.25) is 0 Å². The lowest BCUT2D eigenvalue weighted by atomic mass is 10.3. The van der Waals surface area contributed by atoms with Gasteiger partial charge in [0.05, 0.1) is 26.0 Å². The largest absolute Gasteiger partial charge is 0.461 e. The number of morpholine rings is 1. The Morgan fingerprint density at radius 2 is 2.25 bits per heavy atom. The van der Waals surface area contributed by atoms with Crippen LogP contribution in [0, 0.1) is 0 Å². The minimum absolute atomic E-state index is 0.348. The van der Waals surface area contributed by atoms with E-state index in [0.29, 0.717) is 12.3 Å². The molecule has 1 aliphatic heterocycles. The highest BCUT2D eigenvalue weighted by molar-refractivity contribution is 5.88. The Kier molecular flexibility index (Phi) is 3.56. The summed E-state index contributed by atoms with van der Waals surface area (Å²) in [4.78, 5) is 18.3. The smallest absolute Gasteiger partial charge is 0.356 e. The van der Waals surface area contributed by atoms with Crippen molar-refractivity contribution in [3.63, 3.8) is 0 Å². The van der Waals surface area contributed by atoms with Crippen LogP contribution in [-0.2, 0) is 9.47 Å². The van der Waals surface area contributed by atoms with Crippen LogP contribution >= 0.6 is 0 Å². The molecule has 1 saturated heterocycles. The van der Waals surface area contributed by atoms with Crippen molar-refractivity contribution < 1.29 is 14.3 Å². The van der Waals surface area contributed by atoms with Gasteiger partial charge >= 0.3 is 5.97 Å². The van der Waals surface area contributed by atoms with E-state index < -0.39 is 0 Å². The molecule has 106 valence electrons. The standard InChI is InChI=1S/C14H17N3O3/c1-2-20-14(18)12-10-15-13-9-11(3-4-17(12)13)16-5-7-19-8-6-16/h3-4,9-10H,2,5-8H2,1H3. The quantitative estimate of drug-likeness (QED) is 0.791. The van der Waals surface area contributed by atoms with Gasteiger partial charge in [-0.2, -0.15) is 0 Å². The van der Waals surface area contributed by atoms with Crippen LogP contribution in [0.5, 0.6) is 0 Å². The van der Waals surface area contributed by atoms with Crippen LogP contribution in [-0.4, -0.2) is 48.3 Å². The number of hydrogen-bond donors (Lipinski definition) is 0. The Labute approximate surface area is 116 Å². The number of esters is 1. The Hall–Kier alpha value is -2.08. The second-order valence-electron chi connectivity index (χ2n) is 4.58. The molecule has 20 heavy (non-hydrogen) atoms. The first-order chi connectivity index (χ1) is 9.79. The summed E-state index contributed by atoms with van der Waals surface area (Å²) in [5.74, 6) is -0.348. The number of rotatable bonds is 3. The van der Waals surface area contributed by atoms with Crippen molar-refractivity contribution in [2.24, 2.45) is 0 Å². The lowest BCUT2D eigenvalue weighted by Gasteiger charge is -2.28. The van der Waals surface area contributed by atoms with Crippen molar-refractivity contribution in [3.05, 3.63) is 30.2 Å². The first-order valence-corrected chi connectivity index (χ1v) is 6.76. The van der Waals surface area contributed by atoms with Gasteiger partial charge in [0.15, 0.2) is 5.69 Å². The third-order valence-electron chi connectivity index (χ3n) is 3.36.